The molecule has 1 heterocycles. The second-order valence-corrected chi connectivity index (χ2v) is 3.99. The molecule has 0 radical (unpaired) electrons. The van der Waals surface area contributed by atoms with E-state index in [0.29, 0.717) is 0 Å². The summed E-state index contributed by atoms with van der Waals surface area (Å²) >= 11 is 0. The molecular formula is C13H17N3. The molecule has 0 unspecified atom stereocenters. The van der Waals surface area contributed by atoms with Crippen LogP contribution in [0.25, 0.3) is 5.69 Å². The molecule has 3 heteroatoms. The van der Waals surface area contributed by atoms with Crippen molar-refractivity contribution in [3.63, 3.8) is 0 Å². The van der Waals surface area contributed by atoms with Crippen molar-refractivity contribution in [3.8, 4) is 5.69 Å². The van der Waals surface area contributed by atoms with Crippen LogP contribution in [-0.4, -0.2) is 9.78 Å². The number of para-hydroxylation sites is 1. The molecule has 0 aliphatic rings. The first-order chi connectivity index (χ1) is 7.74. The summed E-state index contributed by atoms with van der Waals surface area (Å²) in [5.41, 5.74) is 10.1. The molecule has 1 aromatic carbocycles. The van der Waals surface area contributed by atoms with Crippen molar-refractivity contribution in [1.29, 1.82) is 0 Å². The molecule has 0 saturated heterocycles. The quantitative estimate of drug-likeness (QED) is 0.855. The van der Waals surface area contributed by atoms with Gasteiger partial charge in [0, 0.05) is 0 Å². The van der Waals surface area contributed by atoms with Crippen molar-refractivity contribution < 1.29 is 0 Å². The monoisotopic (exact) mass is 215 g/mol. The van der Waals surface area contributed by atoms with Crippen molar-refractivity contribution in [3.05, 3.63) is 41.7 Å². The van der Waals surface area contributed by atoms with E-state index < -0.39 is 0 Å². The first kappa shape index (κ1) is 10.7. The Morgan fingerprint density at radius 3 is 2.75 bits per heavy atom. The maximum atomic E-state index is 5.93. The normalized spacial score (nSPS) is 10.6. The van der Waals surface area contributed by atoms with Gasteiger partial charge in [-0.15, -0.1) is 0 Å². The van der Waals surface area contributed by atoms with Gasteiger partial charge in [-0.2, -0.15) is 5.10 Å². The van der Waals surface area contributed by atoms with Crippen molar-refractivity contribution in [2.45, 2.75) is 26.7 Å². The number of nitrogens with zero attached hydrogens (tertiary/aromatic N) is 2. The van der Waals surface area contributed by atoms with Gasteiger partial charge in [-0.1, -0.05) is 31.5 Å². The smallest absolute Gasteiger partial charge is 0.0737 e. The minimum Gasteiger partial charge on any atom is -0.396 e. The fourth-order valence-electron chi connectivity index (χ4n) is 1.88. The van der Waals surface area contributed by atoms with Crippen LogP contribution in [0.1, 0.15) is 24.6 Å². The Hall–Kier alpha value is -1.77. The van der Waals surface area contributed by atoms with Gasteiger partial charge in [0.1, 0.15) is 0 Å². The highest BCUT2D eigenvalue weighted by molar-refractivity contribution is 5.48. The molecule has 0 aliphatic heterocycles. The zero-order valence-electron chi connectivity index (χ0n) is 9.77. The molecule has 2 aromatic rings. The summed E-state index contributed by atoms with van der Waals surface area (Å²) in [7, 11) is 0. The summed E-state index contributed by atoms with van der Waals surface area (Å²) in [5, 5.41) is 4.36. The summed E-state index contributed by atoms with van der Waals surface area (Å²) in [6.45, 7) is 4.23. The first-order valence-electron chi connectivity index (χ1n) is 5.62. The number of rotatable bonds is 3. The van der Waals surface area contributed by atoms with Gasteiger partial charge in [0.25, 0.3) is 0 Å². The van der Waals surface area contributed by atoms with E-state index >= 15 is 0 Å². The highest BCUT2D eigenvalue weighted by atomic mass is 15.3. The van der Waals surface area contributed by atoms with E-state index in [9.17, 15) is 0 Å². The van der Waals surface area contributed by atoms with Crippen molar-refractivity contribution in [2.24, 2.45) is 0 Å². The van der Waals surface area contributed by atoms with Crippen LogP contribution in [0.2, 0.25) is 0 Å². The van der Waals surface area contributed by atoms with Gasteiger partial charge in [-0.3, -0.25) is 0 Å². The Kier molecular flexibility index (Phi) is 2.95. The summed E-state index contributed by atoms with van der Waals surface area (Å²) in [4.78, 5) is 0. The minimum atomic E-state index is 0.783. The van der Waals surface area contributed by atoms with Crippen molar-refractivity contribution >= 4 is 5.69 Å². The second kappa shape index (κ2) is 4.39. The fraction of sp³-hybridized carbons (Fsp3) is 0.308. The van der Waals surface area contributed by atoms with Crippen LogP contribution < -0.4 is 5.73 Å². The highest BCUT2D eigenvalue weighted by Gasteiger charge is 2.10. The number of hydrogen-bond acceptors (Lipinski definition) is 2. The number of aromatic nitrogens is 2. The van der Waals surface area contributed by atoms with E-state index in [0.717, 1.165) is 29.9 Å². The number of benzene rings is 1. The lowest BCUT2D eigenvalue weighted by Crippen LogP contribution is -2.05. The van der Waals surface area contributed by atoms with E-state index in [1.807, 2.05) is 16.8 Å². The van der Waals surface area contributed by atoms with Gasteiger partial charge in [0.15, 0.2) is 0 Å². The molecule has 1 aromatic heterocycles. The lowest BCUT2D eigenvalue weighted by molar-refractivity contribution is 0.773. The van der Waals surface area contributed by atoms with E-state index in [4.69, 9.17) is 5.73 Å². The van der Waals surface area contributed by atoms with Crippen LogP contribution in [0.4, 0.5) is 5.69 Å². The largest absolute Gasteiger partial charge is 0.396 e. The second-order valence-electron chi connectivity index (χ2n) is 3.99. The van der Waals surface area contributed by atoms with Gasteiger partial charge in [-0.25, -0.2) is 4.68 Å². The Bertz CT molecular complexity index is 486. The van der Waals surface area contributed by atoms with Crippen molar-refractivity contribution in [1.82, 2.24) is 9.78 Å². The van der Waals surface area contributed by atoms with Gasteiger partial charge in [-0.05, 0) is 25.0 Å². The molecule has 16 heavy (non-hydrogen) atoms. The molecule has 0 fully saturated rings. The van der Waals surface area contributed by atoms with Gasteiger partial charge in [0.05, 0.1) is 23.3 Å². The molecule has 0 bridgehead atoms. The average Bonchev–Trinajstić information content (AvgIpc) is 2.62. The SMILES string of the molecule is CCCc1c(N)cnn1-c1ccccc1C. The molecule has 0 spiro atoms. The standard InChI is InChI=1S/C13H17N3/c1-3-6-13-11(14)9-15-16(13)12-8-5-4-7-10(12)2/h4-5,7-9H,3,6,14H2,1-2H3. The fourth-order valence-corrected chi connectivity index (χ4v) is 1.88. The summed E-state index contributed by atoms with van der Waals surface area (Å²) in [6, 6.07) is 8.21. The third-order valence-electron chi connectivity index (χ3n) is 2.73. The summed E-state index contributed by atoms with van der Waals surface area (Å²) in [5.74, 6) is 0. The predicted octanol–water partition coefficient (Wildman–Crippen LogP) is 2.72. The third-order valence-corrected chi connectivity index (χ3v) is 2.73. The molecule has 0 saturated carbocycles. The topological polar surface area (TPSA) is 43.8 Å². The van der Waals surface area contributed by atoms with E-state index in [1.54, 1.807) is 6.20 Å². The van der Waals surface area contributed by atoms with E-state index in [1.165, 1.54) is 5.56 Å². The Morgan fingerprint density at radius 1 is 1.31 bits per heavy atom. The van der Waals surface area contributed by atoms with Crippen molar-refractivity contribution in [2.75, 3.05) is 5.73 Å². The maximum absolute atomic E-state index is 5.93. The van der Waals surface area contributed by atoms with Crippen LogP contribution >= 0.6 is 0 Å². The van der Waals surface area contributed by atoms with Gasteiger partial charge in [0.2, 0.25) is 0 Å². The Morgan fingerprint density at radius 2 is 2.06 bits per heavy atom. The zero-order valence-corrected chi connectivity index (χ0v) is 9.77. The molecule has 0 amide bonds. The molecule has 2 rings (SSSR count). The number of hydrogen-bond donors (Lipinski definition) is 1. The molecular weight excluding hydrogens is 198 g/mol. The number of aryl methyl sites for hydroxylation is 1. The lowest BCUT2D eigenvalue weighted by atomic mass is 10.2. The number of anilines is 1. The first-order valence-corrected chi connectivity index (χ1v) is 5.62. The van der Waals surface area contributed by atoms with Crippen LogP contribution in [0, 0.1) is 6.92 Å². The molecule has 2 N–H and O–H groups in total. The van der Waals surface area contributed by atoms with Crippen LogP contribution in [0.15, 0.2) is 30.5 Å². The van der Waals surface area contributed by atoms with Crippen LogP contribution in [0.3, 0.4) is 0 Å². The number of nitrogens with two attached hydrogens (primary N) is 1. The molecule has 0 atom stereocenters. The van der Waals surface area contributed by atoms with E-state index in [2.05, 4.69) is 31.1 Å². The highest BCUT2D eigenvalue weighted by Crippen LogP contribution is 2.20. The predicted molar refractivity (Wildman–Crippen MR) is 66.7 cm³/mol. The van der Waals surface area contributed by atoms with Gasteiger partial charge < -0.3 is 5.73 Å². The molecule has 3 nitrogen and oxygen atoms in total. The molecule has 0 aliphatic carbocycles. The Balaban J connectivity index is 2.52. The van der Waals surface area contributed by atoms with Crippen LogP contribution in [-0.2, 0) is 6.42 Å². The third kappa shape index (κ3) is 1.81. The summed E-state index contributed by atoms with van der Waals surface area (Å²) < 4.78 is 1.95. The molecule has 84 valence electrons. The average molecular weight is 215 g/mol. The Labute approximate surface area is 95.9 Å². The van der Waals surface area contributed by atoms with Crippen LogP contribution in [0.5, 0.6) is 0 Å². The zero-order chi connectivity index (χ0) is 11.5. The van der Waals surface area contributed by atoms with E-state index in [-0.39, 0.29) is 0 Å². The minimum absolute atomic E-state index is 0.783. The maximum Gasteiger partial charge on any atom is 0.0737 e. The number of nitrogen functional groups attached to an aromatic ring is 1. The summed E-state index contributed by atoms with van der Waals surface area (Å²) in [6.07, 6.45) is 3.76. The van der Waals surface area contributed by atoms with Gasteiger partial charge >= 0.3 is 0 Å². The lowest BCUT2D eigenvalue weighted by Gasteiger charge is -2.09.